The van der Waals surface area contributed by atoms with Crippen LogP contribution in [0.4, 0.5) is 15.8 Å². The van der Waals surface area contributed by atoms with Crippen LogP contribution in [0.3, 0.4) is 0 Å². The van der Waals surface area contributed by atoms with Crippen LogP contribution in [0, 0.1) is 15.9 Å². The molecule has 1 N–H and O–H groups in total. The lowest BCUT2D eigenvalue weighted by molar-refractivity contribution is -0.384. The molecule has 1 heterocycles. The van der Waals surface area contributed by atoms with Crippen molar-refractivity contribution in [1.82, 2.24) is 4.57 Å². The van der Waals surface area contributed by atoms with E-state index in [0.29, 0.717) is 29.1 Å². The van der Waals surface area contributed by atoms with E-state index in [9.17, 15) is 24.1 Å². The summed E-state index contributed by atoms with van der Waals surface area (Å²) in [6.45, 7) is 0.193. The van der Waals surface area contributed by atoms with Gasteiger partial charge in [0.15, 0.2) is 11.3 Å². The number of non-ortho nitro benzene ring substituents is 1. The van der Waals surface area contributed by atoms with Crippen LogP contribution in [-0.2, 0) is 11.3 Å². The maximum Gasteiger partial charge on any atom is 0.419 e. The number of carbonyl (C=O) groups is 1. The van der Waals surface area contributed by atoms with Crippen molar-refractivity contribution in [3.05, 3.63) is 93.2 Å². The fourth-order valence-electron chi connectivity index (χ4n) is 3.31. The number of oxazole rings is 1. The lowest BCUT2D eigenvalue weighted by atomic mass is 10.2. The van der Waals surface area contributed by atoms with Crippen molar-refractivity contribution in [1.29, 1.82) is 0 Å². The molecule has 3 aromatic carbocycles. The molecule has 1 aromatic heterocycles. The average Bonchev–Trinajstić information content (AvgIpc) is 3.09. The van der Waals surface area contributed by atoms with Gasteiger partial charge in [0.05, 0.1) is 22.2 Å². The highest BCUT2D eigenvalue weighted by atomic mass is 19.1. The summed E-state index contributed by atoms with van der Waals surface area (Å²) in [4.78, 5) is 34.9. The minimum Gasteiger partial charge on any atom is -0.455 e. The van der Waals surface area contributed by atoms with Crippen LogP contribution in [0.15, 0.2) is 75.9 Å². The topological polar surface area (TPSA) is 117 Å². The molecule has 4 rings (SSSR count). The molecule has 1 amide bonds. The fraction of sp³-hybridized carbons (Fsp3) is 0.130. The smallest absolute Gasteiger partial charge is 0.419 e. The van der Waals surface area contributed by atoms with Crippen LogP contribution >= 0.6 is 0 Å². The standard InChI is InChI=1S/C23H18FN3O6/c24-15-5-3-6-17(13-15)32-20-8-2-1-7-18(20)25-22(28)9-4-12-26-19-11-10-16(27(30)31)14-21(19)33-23(26)29/h1-3,5-8,10-11,13-14H,4,9,12H2,(H,25,28). The van der Waals surface area contributed by atoms with Crippen molar-refractivity contribution in [2.24, 2.45) is 0 Å². The minimum absolute atomic E-state index is 0.0976. The van der Waals surface area contributed by atoms with Crippen LogP contribution in [0.2, 0.25) is 0 Å². The number of carbonyl (C=O) groups excluding carboxylic acids is 1. The van der Waals surface area contributed by atoms with Crippen molar-refractivity contribution in [2.75, 3.05) is 5.32 Å². The molecule has 10 heteroatoms. The number of ether oxygens (including phenoxy) is 1. The quantitative estimate of drug-likeness (QED) is 0.302. The molecule has 33 heavy (non-hydrogen) atoms. The number of para-hydroxylation sites is 2. The van der Waals surface area contributed by atoms with E-state index in [4.69, 9.17) is 9.15 Å². The zero-order valence-corrected chi connectivity index (χ0v) is 17.2. The molecule has 0 saturated carbocycles. The van der Waals surface area contributed by atoms with E-state index in [1.807, 2.05) is 0 Å². The van der Waals surface area contributed by atoms with Gasteiger partial charge in [0.1, 0.15) is 11.6 Å². The summed E-state index contributed by atoms with van der Waals surface area (Å²) in [7, 11) is 0. The first-order valence-electron chi connectivity index (χ1n) is 10.0. The highest BCUT2D eigenvalue weighted by molar-refractivity contribution is 5.92. The van der Waals surface area contributed by atoms with Gasteiger partial charge in [-0.1, -0.05) is 18.2 Å². The summed E-state index contributed by atoms with van der Waals surface area (Å²) < 4.78 is 25.5. The summed E-state index contributed by atoms with van der Waals surface area (Å²) in [5, 5.41) is 13.6. The minimum atomic E-state index is -0.653. The Morgan fingerprint density at radius 1 is 1.12 bits per heavy atom. The third kappa shape index (κ3) is 5.06. The van der Waals surface area contributed by atoms with E-state index in [0.717, 1.165) is 0 Å². The number of rotatable bonds is 8. The van der Waals surface area contributed by atoms with Gasteiger partial charge >= 0.3 is 5.76 Å². The van der Waals surface area contributed by atoms with Crippen molar-refractivity contribution < 1.29 is 23.3 Å². The number of nitrogens with zero attached hydrogens (tertiary/aromatic N) is 2. The Bertz CT molecular complexity index is 1390. The highest BCUT2D eigenvalue weighted by Crippen LogP contribution is 2.29. The number of amides is 1. The lowest BCUT2D eigenvalue weighted by Gasteiger charge is -2.12. The molecule has 0 saturated heterocycles. The van der Waals surface area contributed by atoms with E-state index in [1.54, 1.807) is 30.3 Å². The van der Waals surface area contributed by atoms with E-state index >= 15 is 0 Å². The summed E-state index contributed by atoms with van der Waals surface area (Å²) in [6.07, 6.45) is 0.421. The van der Waals surface area contributed by atoms with E-state index < -0.39 is 16.5 Å². The predicted molar refractivity (Wildman–Crippen MR) is 118 cm³/mol. The number of hydrogen-bond donors (Lipinski definition) is 1. The molecule has 0 aliphatic carbocycles. The van der Waals surface area contributed by atoms with Gasteiger partial charge in [-0.15, -0.1) is 0 Å². The Kier molecular flexibility index (Phi) is 6.16. The molecule has 0 spiro atoms. The molecule has 0 atom stereocenters. The number of benzene rings is 3. The maximum atomic E-state index is 13.4. The van der Waals surface area contributed by atoms with E-state index in [1.165, 1.54) is 41.0 Å². The summed E-state index contributed by atoms with van der Waals surface area (Å²) in [6, 6.07) is 16.3. The molecule has 168 valence electrons. The average molecular weight is 451 g/mol. The highest BCUT2D eigenvalue weighted by Gasteiger charge is 2.15. The second kappa shape index (κ2) is 9.35. The Hall–Kier alpha value is -4.47. The molecule has 0 fully saturated rings. The third-order valence-electron chi connectivity index (χ3n) is 4.83. The van der Waals surface area contributed by atoms with Crippen LogP contribution in [0.5, 0.6) is 11.5 Å². The zero-order chi connectivity index (χ0) is 23.4. The molecule has 0 aliphatic rings. The normalized spacial score (nSPS) is 10.8. The van der Waals surface area contributed by atoms with Gasteiger partial charge in [-0.2, -0.15) is 0 Å². The number of halogens is 1. The SMILES string of the molecule is O=C(CCCn1c(=O)oc2cc([N+](=O)[O-])ccc21)Nc1ccccc1Oc1cccc(F)c1. The summed E-state index contributed by atoms with van der Waals surface area (Å²) in [5.41, 5.74) is 0.772. The van der Waals surface area contributed by atoms with E-state index in [-0.39, 0.29) is 30.1 Å². The Balaban J connectivity index is 1.39. The number of nitrogens with one attached hydrogen (secondary N) is 1. The van der Waals surface area contributed by atoms with Gasteiger partial charge in [0.25, 0.3) is 5.69 Å². The lowest BCUT2D eigenvalue weighted by Crippen LogP contribution is -2.17. The first kappa shape index (κ1) is 21.8. The molecule has 0 unspecified atom stereocenters. The van der Waals surface area contributed by atoms with Crippen molar-refractivity contribution in [3.8, 4) is 11.5 Å². The molecular weight excluding hydrogens is 433 g/mol. The first-order chi connectivity index (χ1) is 15.9. The number of nitro groups is 1. The molecular formula is C23H18FN3O6. The molecule has 0 radical (unpaired) electrons. The second-order valence-electron chi connectivity index (χ2n) is 7.14. The Labute approximate surface area is 186 Å². The van der Waals surface area contributed by atoms with Crippen molar-refractivity contribution in [2.45, 2.75) is 19.4 Å². The van der Waals surface area contributed by atoms with Crippen molar-refractivity contribution >= 4 is 28.4 Å². The first-order valence-corrected chi connectivity index (χ1v) is 10.0. The number of aryl methyl sites for hydroxylation is 1. The number of aromatic nitrogens is 1. The Morgan fingerprint density at radius 2 is 1.94 bits per heavy atom. The van der Waals surface area contributed by atoms with Gasteiger partial charge < -0.3 is 14.5 Å². The molecule has 9 nitrogen and oxygen atoms in total. The molecule has 0 bridgehead atoms. The maximum absolute atomic E-state index is 13.4. The van der Waals surface area contributed by atoms with Gasteiger partial charge in [-0.3, -0.25) is 19.5 Å². The largest absolute Gasteiger partial charge is 0.455 e. The number of nitro benzene ring substituents is 1. The van der Waals surface area contributed by atoms with E-state index in [2.05, 4.69) is 5.32 Å². The number of anilines is 1. The fourth-order valence-corrected chi connectivity index (χ4v) is 3.31. The monoisotopic (exact) mass is 451 g/mol. The van der Waals surface area contributed by atoms with Gasteiger partial charge in [-0.05, 0) is 36.8 Å². The predicted octanol–water partition coefficient (Wildman–Crippen LogP) is 4.85. The van der Waals surface area contributed by atoms with Crippen LogP contribution in [-0.4, -0.2) is 15.4 Å². The second-order valence-corrected chi connectivity index (χ2v) is 7.14. The van der Waals surface area contributed by atoms with Crippen LogP contribution in [0.1, 0.15) is 12.8 Å². The van der Waals surface area contributed by atoms with Crippen molar-refractivity contribution in [3.63, 3.8) is 0 Å². The summed E-state index contributed by atoms with van der Waals surface area (Å²) in [5.74, 6) is -0.745. The Morgan fingerprint density at radius 3 is 2.73 bits per heavy atom. The molecule has 4 aromatic rings. The number of fused-ring (bicyclic) bond motifs is 1. The third-order valence-corrected chi connectivity index (χ3v) is 4.83. The van der Waals surface area contributed by atoms with Gasteiger partial charge in [-0.25, -0.2) is 9.18 Å². The van der Waals surface area contributed by atoms with Crippen LogP contribution in [0.25, 0.3) is 11.1 Å². The molecule has 0 aliphatic heterocycles. The zero-order valence-electron chi connectivity index (χ0n) is 17.2. The van der Waals surface area contributed by atoms with Gasteiger partial charge in [0.2, 0.25) is 5.91 Å². The van der Waals surface area contributed by atoms with Crippen LogP contribution < -0.4 is 15.8 Å². The van der Waals surface area contributed by atoms with Gasteiger partial charge in [0, 0.05) is 25.1 Å². The number of hydrogen-bond acceptors (Lipinski definition) is 6. The summed E-state index contributed by atoms with van der Waals surface area (Å²) >= 11 is 0.